The first-order chi connectivity index (χ1) is 8.88. The second-order valence-electron chi connectivity index (χ2n) is 4.92. The third-order valence-electron chi connectivity index (χ3n) is 3.30. The summed E-state index contributed by atoms with van der Waals surface area (Å²) in [5.41, 5.74) is 1.28. The molecule has 0 amide bonds. The zero-order valence-corrected chi connectivity index (χ0v) is 11.2. The lowest BCUT2D eigenvalue weighted by Crippen LogP contribution is -2.37. The summed E-state index contributed by atoms with van der Waals surface area (Å²) >= 11 is 0. The van der Waals surface area contributed by atoms with E-state index in [9.17, 15) is 0 Å². The van der Waals surface area contributed by atoms with Crippen molar-refractivity contribution >= 4 is 5.96 Å². The number of benzene rings is 1. The maximum absolute atomic E-state index is 4.23. The Bertz CT molecular complexity index is 369. The molecule has 1 aromatic carbocycles. The van der Waals surface area contributed by atoms with Gasteiger partial charge in [0.15, 0.2) is 5.96 Å². The molecule has 18 heavy (non-hydrogen) atoms. The number of hydrogen-bond donors (Lipinski definition) is 2. The highest BCUT2D eigenvalue weighted by molar-refractivity contribution is 5.79. The maximum Gasteiger partial charge on any atom is 0.191 e. The van der Waals surface area contributed by atoms with Gasteiger partial charge in [-0.2, -0.15) is 0 Å². The van der Waals surface area contributed by atoms with Crippen molar-refractivity contribution in [3.05, 3.63) is 35.9 Å². The molecule has 98 valence electrons. The third kappa shape index (κ3) is 4.78. The van der Waals surface area contributed by atoms with E-state index in [-0.39, 0.29) is 0 Å². The highest BCUT2D eigenvalue weighted by atomic mass is 15.2. The van der Waals surface area contributed by atoms with Crippen LogP contribution in [0.1, 0.15) is 31.2 Å². The molecule has 0 atom stereocenters. The van der Waals surface area contributed by atoms with Gasteiger partial charge in [0.25, 0.3) is 0 Å². The molecule has 1 fully saturated rings. The van der Waals surface area contributed by atoms with Gasteiger partial charge in [0.05, 0.1) is 0 Å². The number of aliphatic imine (C=N–C) groups is 1. The molecule has 0 bridgehead atoms. The average Bonchev–Trinajstić information content (AvgIpc) is 3.23. The summed E-state index contributed by atoms with van der Waals surface area (Å²) in [7, 11) is 1.82. The van der Waals surface area contributed by atoms with E-state index < -0.39 is 0 Å². The van der Waals surface area contributed by atoms with Gasteiger partial charge in [0.2, 0.25) is 0 Å². The van der Waals surface area contributed by atoms with E-state index in [1.165, 1.54) is 31.2 Å². The van der Waals surface area contributed by atoms with Crippen LogP contribution in [-0.2, 0) is 6.54 Å². The fourth-order valence-corrected chi connectivity index (χ4v) is 2.01. The zero-order valence-electron chi connectivity index (χ0n) is 11.2. The summed E-state index contributed by atoms with van der Waals surface area (Å²) in [5, 5.41) is 6.69. The van der Waals surface area contributed by atoms with Gasteiger partial charge in [-0.25, -0.2) is 0 Å². The van der Waals surface area contributed by atoms with Crippen LogP contribution >= 0.6 is 0 Å². The van der Waals surface area contributed by atoms with Crippen LogP contribution in [0.2, 0.25) is 0 Å². The van der Waals surface area contributed by atoms with Crippen LogP contribution in [0.5, 0.6) is 0 Å². The molecule has 0 aliphatic heterocycles. The number of nitrogens with one attached hydrogen (secondary N) is 2. The molecule has 1 aliphatic rings. The third-order valence-corrected chi connectivity index (χ3v) is 3.30. The molecule has 2 rings (SSSR count). The minimum absolute atomic E-state index is 0.823. The molecule has 1 aliphatic carbocycles. The van der Waals surface area contributed by atoms with Crippen molar-refractivity contribution in [1.29, 1.82) is 0 Å². The molecule has 0 radical (unpaired) electrons. The van der Waals surface area contributed by atoms with Crippen LogP contribution in [0.3, 0.4) is 0 Å². The van der Waals surface area contributed by atoms with E-state index in [2.05, 4.69) is 39.9 Å². The monoisotopic (exact) mass is 245 g/mol. The van der Waals surface area contributed by atoms with Crippen molar-refractivity contribution in [2.45, 2.75) is 32.2 Å². The van der Waals surface area contributed by atoms with Crippen LogP contribution in [0.25, 0.3) is 0 Å². The Balaban J connectivity index is 1.62. The maximum atomic E-state index is 4.23. The Kier molecular flexibility index (Phi) is 5.06. The minimum Gasteiger partial charge on any atom is -0.356 e. The van der Waals surface area contributed by atoms with Crippen molar-refractivity contribution in [2.24, 2.45) is 10.9 Å². The number of nitrogens with zero attached hydrogens (tertiary/aromatic N) is 1. The molecule has 0 aromatic heterocycles. The second kappa shape index (κ2) is 7.04. The van der Waals surface area contributed by atoms with Crippen molar-refractivity contribution in [1.82, 2.24) is 10.6 Å². The van der Waals surface area contributed by atoms with Gasteiger partial charge >= 0.3 is 0 Å². The summed E-state index contributed by atoms with van der Waals surface area (Å²) in [6.45, 7) is 1.84. The van der Waals surface area contributed by atoms with Crippen LogP contribution in [-0.4, -0.2) is 19.6 Å². The fraction of sp³-hybridized carbons (Fsp3) is 0.533. The van der Waals surface area contributed by atoms with Crippen LogP contribution in [0.4, 0.5) is 0 Å². The Morgan fingerprint density at radius 3 is 2.67 bits per heavy atom. The van der Waals surface area contributed by atoms with Crippen LogP contribution in [0.15, 0.2) is 35.3 Å². The molecule has 3 heteroatoms. The molecule has 2 N–H and O–H groups in total. The molecule has 0 saturated heterocycles. The number of guanidine groups is 1. The normalized spacial score (nSPS) is 15.5. The highest BCUT2D eigenvalue weighted by Crippen LogP contribution is 2.33. The SMILES string of the molecule is CN=C(NCCCC1CC1)NCc1ccccc1. The summed E-state index contributed by atoms with van der Waals surface area (Å²) in [6.07, 6.45) is 5.50. The first-order valence-electron chi connectivity index (χ1n) is 6.87. The zero-order chi connectivity index (χ0) is 12.6. The van der Waals surface area contributed by atoms with Gasteiger partial charge in [-0.05, 0) is 24.3 Å². The molecule has 1 aromatic rings. The summed E-state index contributed by atoms with van der Waals surface area (Å²) in [5.74, 6) is 1.92. The van der Waals surface area contributed by atoms with E-state index >= 15 is 0 Å². The number of rotatable bonds is 6. The predicted molar refractivity (Wildman–Crippen MR) is 76.6 cm³/mol. The summed E-state index contributed by atoms with van der Waals surface area (Å²) in [4.78, 5) is 4.23. The predicted octanol–water partition coefficient (Wildman–Crippen LogP) is 2.54. The van der Waals surface area contributed by atoms with E-state index in [0.717, 1.165) is 25.0 Å². The van der Waals surface area contributed by atoms with Gasteiger partial charge in [-0.15, -0.1) is 0 Å². The average molecular weight is 245 g/mol. The lowest BCUT2D eigenvalue weighted by molar-refractivity contribution is 0.644. The molecule has 0 unspecified atom stereocenters. The molecular weight excluding hydrogens is 222 g/mol. The van der Waals surface area contributed by atoms with E-state index in [1.54, 1.807) is 0 Å². The topological polar surface area (TPSA) is 36.4 Å². The molecule has 0 heterocycles. The first kappa shape index (κ1) is 12.9. The number of hydrogen-bond acceptors (Lipinski definition) is 1. The molecular formula is C15H23N3. The molecule has 0 spiro atoms. The van der Waals surface area contributed by atoms with Gasteiger partial charge < -0.3 is 10.6 Å². The van der Waals surface area contributed by atoms with E-state index in [4.69, 9.17) is 0 Å². The Labute approximate surface area is 110 Å². The van der Waals surface area contributed by atoms with Gasteiger partial charge in [-0.1, -0.05) is 43.2 Å². The van der Waals surface area contributed by atoms with Crippen molar-refractivity contribution < 1.29 is 0 Å². The van der Waals surface area contributed by atoms with Gasteiger partial charge in [-0.3, -0.25) is 4.99 Å². The highest BCUT2D eigenvalue weighted by Gasteiger charge is 2.19. The Hall–Kier alpha value is -1.51. The van der Waals surface area contributed by atoms with Gasteiger partial charge in [0, 0.05) is 20.1 Å². The molecule has 1 saturated carbocycles. The van der Waals surface area contributed by atoms with Crippen LogP contribution in [0, 0.1) is 5.92 Å². The standard InChI is InChI=1S/C15H23N3/c1-16-15(17-11-5-8-13-9-10-13)18-12-14-6-3-2-4-7-14/h2-4,6-7,13H,5,8-12H2,1H3,(H2,16,17,18). The first-order valence-corrected chi connectivity index (χ1v) is 6.87. The van der Waals surface area contributed by atoms with Crippen molar-refractivity contribution in [3.63, 3.8) is 0 Å². The van der Waals surface area contributed by atoms with E-state index in [1.807, 2.05) is 13.1 Å². The minimum atomic E-state index is 0.823. The Morgan fingerprint density at radius 1 is 1.22 bits per heavy atom. The fourth-order valence-electron chi connectivity index (χ4n) is 2.01. The molecule has 3 nitrogen and oxygen atoms in total. The lowest BCUT2D eigenvalue weighted by atomic mass is 10.2. The van der Waals surface area contributed by atoms with E-state index in [0.29, 0.717) is 0 Å². The van der Waals surface area contributed by atoms with Gasteiger partial charge in [0.1, 0.15) is 0 Å². The lowest BCUT2D eigenvalue weighted by Gasteiger charge is -2.11. The van der Waals surface area contributed by atoms with Crippen molar-refractivity contribution in [3.8, 4) is 0 Å². The van der Waals surface area contributed by atoms with Crippen molar-refractivity contribution in [2.75, 3.05) is 13.6 Å². The second-order valence-corrected chi connectivity index (χ2v) is 4.92. The quantitative estimate of drug-likeness (QED) is 0.459. The largest absolute Gasteiger partial charge is 0.356 e. The van der Waals surface area contributed by atoms with Crippen LogP contribution < -0.4 is 10.6 Å². The summed E-state index contributed by atoms with van der Waals surface area (Å²) in [6, 6.07) is 10.4. The Morgan fingerprint density at radius 2 is 2.00 bits per heavy atom. The summed E-state index contributed by atoms with van der Waals surface area (Å²) < 4.78 is 0. The smallest absolute Gasteiger partial charge is 0.191 e.